The van der Waals surface area contributed by atoms with Crippen molar-refractivity contribution in [3.05, 3.63) is 109 Å². The molecule has 0 spiro atoms. The molecule has 0 atom stereocenters. The van der Waals surface area contributed by atoms with Crippen molar-refractivity contribution < 1.29 is 13.7 Å². The van der Waals surface area contributed by atoms with Crippen molar-refractivity contribution in [2.24, 2.45) is 0 Å². The zero-order valence-electron chi connectivity index (χ0n) is 24.6. The molecule has 0 amide bonds. The molecule has 0 radical (unpaired) electrons. The monoisotopic (exact) mass is 559 g/mol. The van der Waals surface area contributed by atoms with Gasteiger partial charge in [-0.3, -0.25) is 0 Å². The first-order chi connectivity index (χ1) is 20.8. The third-order valence-corrected chi connectivity index (χ3v) is 9.81. The average Bonchev–Trinajstić information content (AvgIpc) is 3.63. The Morgan fingerprint density at radius 2 is 1.14 bits per heavy atom. The van der Waals surface area contributed by atoms with E-state index in [-0.39, 0.29) is 0 Å². The van der Waals surface area contributed by atoms with Crippen molar-refractivity contribution in [3.8, 4) is 5.69 Å². The van der Waals surface area contributed by atoms with Crippen molar-refractivity contribution in [2.75, 3.05) is 0 Å². The molecular weight excluding hydrogens is 529 g/mol. The molecule has 1 aliphatic heterocycles. The molecule has 0 N–H and O–H groups in total. The molecule has 3 heterocycles. The van der Waals surface area contributed by atoms with Gasteiger partial charge in [-0.15, -0.1) is 0 Å². The molecule has 0 unspecified atom stereocenters. The van der Waals surface area contributed by atoms with Crippen LogP contribution in [0.3, 0.4) is 0 Å². The maximum Gasteiger partial charge on any atom is 0.494 e. The van der Waals surface area contributed by atoms with Crippen LogP contribution in [0.25, 0.3) is 71.0 Å². The molecule has 0 bridgehead atoms. The molecule has 208 valence electrons. The summed E-state index contributed by atoms with van der Waals surface area (Å²) in [7, 11) is -0.444. The molecule has 43 heavy (non-hydrogen) atoms. The molecule has 1 fully saturated rings. The minimum absolute atomic E-state index is 0.404. The van der Waals surface area contributed by atoms with Crippen molar-refractivity contribution in [1.82, 2.24) is 4.57 Å². The number of hydrogen-bond donors (Lipinski definition) is 0. The molecule has 4 nitrogen and oxygen atoms in total. The Hall–Kier alpha value is -4.58. The molecule has 0 saturated carbocycles. The van der Waals surface area contributed by atoms with Gasteiger partial charge in [-0.2, -0.15) is 0 Å². The topological polar surface area (TPSA) is 36.5 Å². The quantitative estimate of drug-likeness (QED) is 0.198. The van der Waals surface area contributed by atoms with Crippen molar-refractivity contribution in [3.63, 3.8) is 0 Å². The van der Waals surface area contributed by atoms with Gasteiger partial charge in [-0.25, -0.2) is 0 Å². The van der Waals surface area contributed by atoms with Gasteiger partial charge in [0.25, 0.3) is 0 Å². The Kier molecular flexibility index (Phi) is 4.94. The molecule has 0 aliphatic carbocycles. The zero-order chi connectivity index (χ0) is 29.1. The number of hydrogen-bond acceptors (Lipinski definition) is 3. The first kappa shape index (κ1) is 25.0. The summed E-state index contributed by atoms with van der Waals surface area (Å²) in [6, 6.07) is 39.1. The number of aromatic nitrogens is 1. The molecule has 8 aromatic rings. The fourth-order valence-electron chi connectivity index (χ4n) is 6.91. The van der Waals surface area contributed by atoms with E-state index in [0.717, 1.165) is 44.1 Å². The van der Waals surface area contributed by atoms with Gasteiger partial charge >= 0.3 is 7.12 Å². The normalized spacial score (nSPS) is 16.5. The van der Waals surface area contributed by atoms with Gasteiger partial charge in [-0.05, 0) is 79.0 Å². The third-order valence-electron chi connectivity index (χ3n) is 9.81. The zero-order valence-corrected chi connectivity index (χ0v) is 24.6. The molecule has 2 aromatic heterocycles. The van der Waals surface area contributed by atoms with E-state index in [0.29, 0.717) is 0 Å². The Balaban J connectivity index is 1.33. The van der Waals surface area contributed by atoms with E-state index >= 15 is 0 Å². The molecule has 1 saturated heterocycles. The highest BCUT2D eigenvalue weighted by molar-refractivity contribution is 6.62. The van der Waals surface area contributed by atoms with Gasteiger partial charge < -0.3 is 18.3 Å². The lowest BCUT2D eigenvalue weighted by Gasteiger charge is -2.32. The van der Waals surface area contributed by atoms with Gasteiger partial charge in [0, 0.05) is 21.5 Å². The Labute approximate surface area is 249 Å². The molecule has 6 aromatic carbocycles. The number of nitrogens with zero attached hydrogens (tertiary/aromatic N) is 1. The smallest absolute Gasteiger partial charge is 0.454 e. The van der Waals surface area contributed by atoms with Gasteiger partial charge in [-0.1, -0.05) is 84.9 Å². The van der Waals surface area contributed by atoms with Crippen LogP contribution in [-0.2, 0) is 9.31 Å². The van der Waals surface area contributed by atoms with Crippen LogP contribution >= 0.6 is 0 Å². The first-order valence-electron chi connectivity index (χ1n) is 15.0. The number of furan rings is 1. The van der Waals surface area contributed by atoms with Crippen molar-refractivity contribution >= 4 is 77.9 Å². The van der Waals surface area contributed by atoms with Gasteiger partial charge in [0.1, 0.15) is 5.58 Å². The van der Waals surface area contributed by atoms with Crippen molar-refractivity contribution in [1.29, 1.82) is 0 Å². The highest BCUT2D eigenvalue weighted by Gasteiger charge is 2.51. The summed E-state index contributed by atoms with van der Waals surface area (Å²) in [6.45, 7) is 8.32. The van der Waals surface area contributed by atoms with E-state index < -0.39 is 18.3 Å². The molecule has 5 heteroatoms. The summed E-state index contributed by atoms with van der Waals surface area (Å²) in [6.07, 6.45) is 0. The van der Waals surface area contributed by atoms with Crippen LogP contribution in [-0.4, -0.2) is 22.9 Å². The SMILES string of the molecule is CC1(C)OB(c2ccc3c(c2)oc2c(-n4c5ccc6ccccc6c5c5c6ccccc6ccc54)cccc23)OC1(C)C. The summed E-state index contributed by atoms with van der Waals surface area (Å²) in [4.78, 5) is 0. The van der Waals surface area contributed by atoms with Crippen LogP contribution < -0.4 is 5.46 Å². The van der Waals surface area contributed by atoms with E-state index in [4.69, 9.17) is 13.7 Å². The Bertz CT molecular complexity index is 2320. The fourth-order valence-corrected chi connectivity index (χ4v) is 6.91. The lowest BCUT2D eigenvalue weighted by atomic mass is 9.79. The van der Waals surface area contributed by atoms with E-state index in [2.05, 4.69) is 141 Å². The van der Waals surface area contributed by atoms with Gasteiger partial charge in [0.2, 0.25) is 0 Å². The van der Waals surface area contributed by atoms with Crippen LogP contribution in [0.2, 0.25) is 0 Å². The lowest BCUT2D eigenvalue weighted by molar-refractivity contribution is 0.00578. The summed E-state index contributed by atoms with van der Waals surface area (Å²) < 4.78 is 21.8. The highest BCUT2D eigenvalue weighted by Crippen LogP contribution is 2.43. The summed E-state index contributed by atoms with van der Waals surface area (Å²) in [5, 5.41) is 9.67. The molecule has 1 aliphatic rings. The molecule has 9 rings (SSSR count). The minimum Gasteiger partial charge on any atom is -0.454 e. The summed E-state index contributed by atoms with van der Waals surface area (Å²) in [5.41, 5.74) is 5.19. The van der Waals surface area contributed by atoms with Crippen LogP contribution in [0.5, 0.6) is 0 Å². The van der Waals surface area contributed by atoms with Crippen LogP contribution in [0.4, 0.5) is 0 Å². The predicted octanol–water partition coefficient (Wildman–Crippen LogP) is 9.29. The second kappa shape index (κ2) is 8.50. The number of fused-ring (bicyclic) bond motifs is 10. The van der Waals surface area contributed by atoms with Gasteiger partial charge in [0.05, 0.1) is 27.9 Å². The summed E-state index contributed by atoms with van der Waals surface area (Å²) in [5.74, 6) is 0. The number of benzene rings is 6. The minimum atomic E-state index is -0.444. The largest absolute Gasteiger partial charge is 0.494 e. The molecular formula is C38H30BNO3. The Morgan fingerprint density at radius 3 is 1.77 bits per heavy atom. The second-order valence-corrected chi connectivity index (χ2v) is 12.8. The Morgan fingerprint density at radius 1 is 0.558 bits per heavy atom. The van der Waals surface area contributed by atoms with E-state index in [1.165, 1.54) is 32.3 Å². The lowest BCUT2D eigenvalue weighted by Crippen LogP contribution is -2.41. The number of rotatable bonds is 2. The summed E-state index contributed by atoms with van der Waals surface area (Å²) >= 11 is 0. The van der Waals surface area contributed by atoms with Crippen molar-refractivity contribution in [2.45, 2.75) is 38.9 Å². The fraction of sp³-hybridized carbons (Fsp3) is 0.158. The van der Waals surface area contributed by atoms with E-state index in [1.54, 1.807) is 0 Å². The van der Waals surface area contributed by atoms with E-state index in [1.807, 2.05) is 0 Å². The highest BCUT2D eigenvalue weighted by atomic mass is 16.7. The van der Waals surface area contributed by atoms with E-state index in [9.17, 15) is 0 Å². The second-order valence-electron chi connectivity index (χ2n) is 12.8. The van der Waals surface area contributed by atoms with Gasteiger partial charge in [0.15, 0.2) is 5.58 Å². The predicted molar refractivity (Wildman–Crippen MR) is 179 cm³/mol. The van der Waals surface area contributed by atoms with Crippen LogP contribution in [0.1, 0.15) is 27.7 Å². The first-order valence-corrected chi connectivity index (χ1v) is 15.0. The van der Waals surface area contributed by atoms with Crippen LogP contribution in [0.15, 0.2) is 114 Å². The number of para-hydroxylation sites is 1. The standard InChI is InChI=1S/C38H30BNO3/c1-37(2)38(3,4)43-39(42-37)25-18-19-28-29-14-9-15-32(36(29)41-33(28)22-25)40-30-20-16-23-10-5-7-12-26(23)34(30)35-27-13-8-6-11-24(27)17-21-31(35)40/h5-22H,1-4H3. The van der Waals surface area contributed by atoms with Crippen LogP contribution in [0, 0.1) is 0 Å². The third kappa shape index (κ3) is 3.41. The average molecular weight is 559 g/mol. The maximum atomic E-state index is 6.75. The maximum absolute atomic E-state index is 6.75.